The first-order valence-corrected chi connectivity index (χ1v) is 10.4. The highest BCUT2D eigenvalue weighted by molar-refractivity contribution is 6.31. The van der Waals surface area contributed by atoms with E-state index in [1.165, 1.54) is 18.3 Å². The number of carbonyl (C=O) groups excluding carboxylic acids is 1. The molecule has 1 amide bonds. The first kappa shape index (κ1) is 22.0. The second kappa shape index (κ2) is 9.13. The van der Waals surface area contributed by atoms with Crippen LogP contribution in [-0.2, 0) is 6.54 Å². The van der Waals surface area contributed by atoms with Gasteiger partial charge in [-0.3, -0.25) is 14.9 Å². The molecule has 0 aliphatic heterocycles. The number of nitro benzene ring substituents is 1. The van der Waals surface area contributed by atoms with Crippen LogP contribution >= 0.6 is 11.6 Å². The van der Waals surface area contributed by atoms with Gasteiger partial charge in [-0.2, -0.15) is 5.10 Å². The number of hydrazone groups is 1. The lowest BCUT2D eigenvalue weighted by atomic mass is 10.1. The Labute approximate surface area is 193 Å². The van der Waals surface area contributed by atoms with Crippen LogP contribution < -0.4 is 5.43 Å². The van der Waals surface area contributed by atoms with Gasteiger partial charge in [0.2, 0.25) is 5.75 Å². The number of phenols is 1. The Morgan fingerprint density at radius 3 is 2.64 bits per heavy atom. The Morgan fingerprint density at radius 1 is 1.15 bits per heavy atom. The molecular formula is C24H19ClN4O4. The van der Waals surface area contributed by atoms with Gasteiger partial charge in [0.25, 0.3) is 5.91 Å². The summed E-state index contributed by atoms with van der Waals surface area (Å²) in [4.78, 5) is 22.7. The lowest BCUT2D eigenvalue weighted by Crippen LogP contribution is -2.18. The van der Waals surface area contributed by atoms with Crippen LogP contribution in [0.4, 0.5) is 5.69 Å². The minimum absolute atomic E-state index is 0.237. The number of halogens is 1. The first-order valence-electron chi connectivity index (χ1n) is 9.99. The van der Waals surface area contributed by atoms with Crippen molar-refractivity contribution in [1.29, 1.82) is 0 Å². The van der Waals surface area contributed by atoms with Crippen molar-refractivity contribution in [3.05, 3.63) is 104 Å². The molecule has 0 aliphatic carbocycles. The zero-order valence-electron chi connectivity index (χ0n) is 17.5. The fraction of sp³-hybridized carbons (Fsp3) is 0.0833. The molecule has 1 heterocycles. The molecule has 33 heavy (non-hydrogen) atoms. The molecule has 166 valence electrons. The molecular weight excluding hydrogens is 444 g/mol. The van der Waals surface area contributed by atoms with Gasteiger partial charge < -0.3 is 9.67 Å². The number of phenolic OH excluding ortho intramolecular Hbond substituents is 1. The summed E-state index contributed by atoms with van der Waals surface area (Å²) < 4.78 is 2.12. The third kappa shape index (κ3) is 4.28. The lowest BCUT2D eigenvalue weighted by molar-refractivity contribution is -0.385. The summed E-state index contributed by atoms with van der Waals surface area (Å²) in [5.74, 6) is -1.47. The summed E-state index contributed by atoms with van der Waals surface area (Å²) in [6.07, 6.45) is 1.52. The fourth-order valence-corrected chi connectivity index (χ4v) is 3.89. The SMILES string of the molecule is Cc1c(C=NNC(=O)c2cccc([N+](=O)[O-])c2O)c2ccccc2n1Cc1ccccc1Cl. The largest absolute Gasteiger partial charge is 0.502 e. The van der Waals surface area contributed by atoms with Crippen molar-refractivity contribution in [2.24, 2.45) is 5.10 Å². The van der Waals surface area contributed by atoms with E-state index in [1.807, 2.05) is 55.5 Å². The second-order valence-electron chi connectivity index (χ2n) is 7.32. The van der Waals surface area contributed by atoms with Crippen molar-refractivity contribution in [3.8, 4) is 5.75 Å². The van der Waals surface area contributed by atoms with E-state index in [2.05, 4.69) is 15.1 Å². The number of fused-ring (bicyclic) bond motifs is 1. The maximum absolute atomic E-state index is 12.4. The summed E-state index contributed by atoms with van der Waals surface area (Å²) >= 11 is 6.35. The molecule has 0 saturated carbocycles. The third-order valence-corrected chi connectivity index (χ3v) is 5.75. The zero-order chi connectivity index (χ0) is 23.5. The highest BCUT2D eigenvalue weighted by atomic mass is 35.5. The van der Waals surface area contributed by atoms with Crippen LogP contribution in [0.15, 0.2) is 71.8 Å². The molecule has 2 N–H and O–H groups in total. The van der Waals surface area contributed by atoms with Gasteiger partial charge in [-0.05, 0) is 30.7 Å². The van der Waals surface area contributed by atoms with Crippen molar-refractivity contribution in [2.75, 3.05) is 0 Å². The molecule has 9 heteroatoms. The van der Waals surface area contributed by atoms with Crippen molar-refractivity contribution in [1.82, 2.24) is 9.99 Å². The maximum Gasteiger partial charge on any atom is 0.311 e. The van der Waals surface area contributed by atoms with Crippen molar-refractivity contribution < 1.29 is 14.8 Å². The highest BCUT2D eigenvalue weighted by Crippen LogP contribution is 2.29. The van der Waals surface area contributed by atoms with Crippen LogP contribution in [0.3, 0.4) is 0 Å². The molecule has 0 aliphatic rings. The van der Waals surface area contributed by atoms with Crippen molar-refractivity contribution >= 4 is 40.3 Å². The number of nitro groups is 1. The number of hydrogen-bond donors (Lipinski definition) is 2. The van der Waals surface area contributed by atoms with Crippen LogP contribution in [0, 0.1) is 17.0 Å². The number of aromatic hydroxyl groups is 1. The zero-order valence-corrected chi connectivity index (χ0v) is 18.3. The summed E-state index contributed by atoms with van der Waals surface area (Å²) in [5.41, 5.74) is 5.23. The van der Waals surface area contributed by atoms with E-state index >= 15 is 0 Å². The Balaban J connectivity index is 1.64. The van der Waals surface area contributed by atoms with E-state index in [4.69, 9.17) is 11.6 Å². The molecule has 0 saturated heterocycles. The van der Waals surface area contributed by atoms with E-state index in [9.17, 15) is 20.0 Å². The van der Waals surface area contributed by atoms with Gasteiger partial charge in [0.05, 0.1) is 16.7 Å². The van der Waals surface area contributed by atoms with E-state index in [0.29, 0.717) is 11.6 Å². The molecule has 0 unspecified atom stereocenters. The van der Waals surface area contributed by atoms with Crippen LogP contribution in [0.25, 0.3) is 10.9 Å². The normalized spacial score (nSPS) is 11.2. The first-order chi connectivity index (χ1) is 15.9. The van der Waals surface area contributed by atoms with Crippen LogP contribution in [0.2, 0.25) is 5.02 Å². The van der Waals surface area contributed by atoms with Gasteiger partial charge in [0, 0.05) is 39.8 Å². The number of carbonyl (C=O) groups is 1. The molecule has 0 spiro atoms. The summed E-state index contributed by atoms with van der Waals surface area (Å²) in [5, 5.41) is 26.7. The van der Waals surface area contributed by atoms with E-state index in [1.54, 1.807) is 0 Å². The standard InChI is InChI=1S/C24H19ClN4O4/c1-15-19(13-26-27-24(31)18-9-6-12-22(23(18)30)29(32)33)17-8-3-5-11-21(17)28(15)14-16-7-2-4-10-20(16)25/h2-13,30H,14H2,1H3,(H,27,31). The molecule has 0 atom stereocenters. The number of rotatable bonds is 6. The second-order valence-corrected chi connectivity index (χ2v) is 7.73. The smallest absolute Gasteiger partial charge is 0.311 e. The topological polar surface area (TPSA) is 110 Å². The molecule has 0 bridgehead atoms. The number of hydrogen-bond acceptors (Lipinski definition) is 5. The predicted octanol–water partition coefficient (Wildman–Crippen LogP) is 5.03. The van der Waals surface area contributed by atoms with Crippen LogP contribution in [0.5, 0.6) is 5.75 Å². The van der Waals surface area contributed by atoms with E-state index in [0.717, 1.165) is 33.8 Å². The van der Waals surface area contributed by atoms with Gasteiger partial charge in [-0.15, -0.1) is 0 Å². The number of aromatic nitrogens is 1. The average Bonchev–Trinajstić information content (AvgIpc) is 3.06. The van der Waals surface area contributed by atoms with Crippen molar-refractivity contribution in [3.63, 3.8) is 0 Å². The fourth-order valence-electron chi connectivity index (χ4n) is 3.70. The molecule has 0 radical (unpaired) electrons. The average molecular weight is 463 g/mol. The highest BCUT2D eigenvalue weighted by Gasteiger charge is 2.21. The van der Waals surface area contributed by atoms with Gasteiger partial charge >= 0.3 is 5.69 Å². The third-order valence-electron chi connectivity index (χ3n) is 5.38. The maximum atomic E-state index is 12.4. The Kier molecular flexibility index (Phi) is 6.10. The molecule has 4 aromatic rings. The Hall–Kier alpha value is -4.17. The molecule has 4 rings (SSSR count). The van der Waals surface area contributed by atoms with Crippen LogP contribution in [0.1, 0.15) is 27.2 Å². The molecule has 1 aromatic heterocycles. The summed E-state index contributed by atoms with van der Waals surface area (Å²) in [6.45, 7) is 2.51. The molecule has 3 aromatic carbocycles. The van der Waals surface area contributed by atoms with Gasteiger partial charge in [-0.25, -0.2) is 5.43 Å². The monoisotopic (exact) mass is 462 g/mol. The van der Waals surface area contributed by atoms with E-state index < -0.39 is 22.3 Å². The van der Waals surface area contributed by atoms with Gasteiger partial charge in [0.15, 0.2) is 0 Å². The minimum atomic E-state index is -0.759. The van der Waals surface area contributed by atoms with Crippen molar-refractivity contribution in [2.45, 2.75) is 13.5 Å². The molecule has 0 fully saturated rings. The Bertz CT molecular complexity index is 1410. The number of benzene rings is 3. The van der Waals surface area contributed by atoms with Gasteiger partial charge in [0.1, 0.15) is 0 Å². The summed E-state index contributed by atoms with van der Waals surface area (Å²) in [7, 11) is 0. The predicted molar refractivity (Wildman–Crippen MR) is 127 cm³/mol. The number of para-hydroxylation sites is 2. The lowest BCUT2D eigenvalue weighted by Gasteiger charge is -2.10. The number of amides is 1. The van der Waals surface area contributed by atoms with Crippen LogP contribution in [-0.4, -0.2) is 26.7 Å². The molecule has 8 nitrogen and oxygen atoms in total. The summed E-state index contributed by atoms with van der Waals surface area (Å²) in [6, 6.07) is 19.2. The van der Waals surface area contributed by atoms with Gasteiger partial charge in [-0.1, -0.05) is 54.1 Å². The Morgan fingerprint density at radius 2 is 1.88 bits per heavy atom. The quantitative estimate of drug-likeness (QED) is 0.238. The minimum Gasteiger partial charge on any atom is -0.502 e. The van der Waals surface area contributed by atoms with E-state index in [-0.39, 0.29) is 5.56 Å². The number of nitrogens with zero attached hydrogens (tertiary/aromatic N) is 3. The number of nitrogens with one attached hydrogen (secondary N) is 1.